The fraction of sp³-hybridized carbons (Fsp3) is 0.324. The van der Waals surface area contributed by atoms with Crippen molar-refractivity contribution < 1.29 is 32.6 Å². The maximum atomic E-state index is 13.8. The molecule has 3 atom stereocenters. The van der Waals surface area contributed by atoms with Crippen molar-refractivity contribution in [1.82, 2.24) is 14.8 Å². The van der Waals surface area contributed by atoms with E-state index in [0.717, 1.165) is 22.7 Å². The molecule has 2 heterocycles. The van der Waals surface area contributed by atoms with Gasteiger partial charge in [0.2, 0.25) is 0 Å². The number of ether oxygens (including phenoxy) is 1. The monoisotopic (exact) mass is 652 g/mol. The number of anilines is 1. The molecular formula is C34H35F3N4O4S. The number of hydrogen-bond donors (Lipinski definition) is 2. The highest BCUT2D eigenvalue weighted by Crippen LogP contribution is 2.36. The predicted molar refractivity (Wildman–Crippen MR) is 171 cm³/mol. The highest BCUT2D eigenvalue weighted by Gasteiger charge is 2.35. The Morgan fingerprint density at radius 1 is 1.15 bits per heavy atom. The van der Waals surface area contributed by atoms with Crippen LogP contribution in [0.25, 0.3) is 10.6 Å². The van der Waals surface area contributed by atoms with E-state index in [1.807, 2.05) is 36.4 Å². The zero-order chi connectivity index (χ0) is 33.0. The predicted octanol–water partition coefficient (Wildman–Crippen LogP) is 6.43. The van der Waals surface area contributed by atoms with E-state index in [1.165, 1.54) is 23.5 Å². The number of aliphatic hydroxyl groups excluding tert-OH is 1. The largest absolute Gasteiger partial charge is 0.486 e. The summed E-state index contributed by atoms with van der Waals surface area (Å²) in [7, 11) is 1.84. The lowest BCUT2D eigenvalue weighted by molar-refractivity contribution is -0.137. The molecule has 1 aliphatic rings. The molecule has 0 radical (unpaired) electrons. The van der Waals surface area contributed by atoms with E-state index in [1.54, 1.807) is 48.4 Å². The number of nitrogens with one attached hydrogen (secondary N) is 1. The average Bonchev–Trinajstić information content (AvgIpc) is 3.58. The van der Waals surface area contributed by atoms with Gasteiger partial charge >= 0.3 is 6.18 Å². The van der Waals surface area contributed by atoms with Crippen LogP contribution in [-0.2, 0) is 12.7 Å². The molecule has 242 valence electrons. The van der Waals surface area contributed by atoms with Crippen molar-refractivity contribution in [2.45, 2.75) is 38.7 Å². The van der Waals surface area contributed by atoms with E-state index in [4.69, 9.17) is 4.74 Å². The Kier molecular flexibility index (Phi) is 10.1. The van der Waals surface area contributed by atoms with Crippen LogP contribution in [-0.4, -0.2) is 70.6 Å². The topological polar surface area (TPSA) is 95.0 Å². The fourth-order valence-electron chi connectivity index (χ4n) is 5.37. The van der Waals surface area contributed by atoms with Crippen molar-refractivity contribution in [2.75, 3.05) is 32.1 Å². The molecule has 4 aromatic rings. The molecule has 2 N–H and O–H groups in total. The van der Waals surface area contributed by atoms with Crippen LogP contribution in [0.4, 0.5) is 18.9 Å². The number of thiazole rings is 1. The molecule has 0 bridgehead atoms. The van der Waals surface area contributed by atoms with Gasteiger partial charge in [0.05, 0.1) is 29.5 Å². The number of carbonyl (C=O) groups excluding carboxylic acids is 2. The van der Waals surface area contributed by atoms with E-state index in [2.05, 4.69) is 10.3 Å². The van der Waals surface area contributed by atoms with Gasteiger partial charge in [-0.1, -0.05) is 37.3 Å². The lowest BCUT2D eigenvalue weighted by atomic mass is 9.98. The summed E-state index contributed by atoms with van der Waals surface area (Å²) in [6.07, 6.45) is -3.17. The van der Waals surface area contributed by atoms with Crippen molar-refractivity contribution in [3.05, 3.63) is 101 Å². The number of hydrogen-bond acceptors (Lipinski definition) is 7. The normalized spacial score (nSPS) is 17.6. The van der Waals surface area contributed by atoms with Crippen LogP contribution >= 0.6 is 11.3 Å². The van der Waals surface area contributed by atoms with Crippen LogP contribution in [0.2, 0.25) is 0 Å². The molecular weight excluding hydrogens is 617 g/mol. The number of rotatable bonds is 9. The summed E-state index contributed by atoms with van der Waals surface area (Å²) >= 11 is 1.50. The van der Waals surface area contributed by atoms with Gasteiger partial charge in [-0.2, -0.15) is 13.2 Å². The van der Waals surface area contributed by atoms with Crippen LogP contribution in [0.5, 0.6) is 5.75 Å². The zero-order valence-electron chi connectivity index (χ0n) is 25.6. The number of carbonyl (C=O) groups is 2. The minimum absolute atomic E-state index is 0.205. The second-order valence-electron chi connectivity index (χ2n) is 11.6. The molecule has 2 amide bonds. The first-order valence-corrected chi connectivity index (χ1v) is 15.7. The molecule has 0 unspecified atom stereocenters. The molecule has 0 spiro atoms. The minimum Gasteiger partial charge on any atom is -0.486 e. The maximum absolute atomic E-state index is 13.8. The molecule has 0 saturated carbocycles. The smallest absolute Gasteiger partial charge is 0.416 e. The molecule has 5 rings (SSSR count). The highest BCUT2D eigenvalue weighted by atomic mass is 32.1. The fourth-order valence-corrected chi connectivity index (χ4v) is 6.01. The molecule has 8 nitrogen and oxygen atoms in total. The number of para-hydroxylation sites is 1. The molecule has 0 saturated heterocycles. The first kappa shape index (κ1) is 33.1. The van der Waals surface area contributed by atoms with E-state index in [0.29, 0.717) is 36.4 Å². The average molecular weight is 653 g/mol. The molecule has 1 aliphatic heterocycles. The van der Waals surface area contributed by atoms with Crippen LogP contribution in [0, 0.1) is 5.92 Å². The summed E-state index contributed by atoms with van der Waals surface area (Å²) < 4.78 is 45.7. The van der Waals surface area contributed by atoms with E-state index in [-0.39, 0.29) is 35.7 Å². The Bertz CT molecular complexity index is 1650. The second kappa shape index (κ2) is 14.0. The van der Waals surface area contributed by atoms with Crippen LogP contribution in [0.1, 0.15) is 45.7 Å². The van der Waals surface area contributed by atoms with E-state index in [9.17, 15) is 27.9 Å². The second-order valence-corrected chi connectivity index (χ2v) is 12.5. The van der Waals surface area contributed by atoms with Gasteiger partial charge in [0.25, 0.3) is 11.8 Å². The summed E-state index contributed by atoms with van der Waals surface area (Å²) in [6.45, 7) is 4.51. The summed E-state index contributed by atoms with van der Waals surface area (Å²) in [5, 5.41) is 15.6. The van der Waals surface area contributed by atoms with E-state index < -0.39 is 23.9 Å². The van der Waals surface area contributed by atoms with Gasteiger partial charge in [-0.05, 0) is 55.9 Å². The quantitative estimate of drug-likeness (QED) is 0.216. The van der Waals surface area contributed by atoms with E-state index >= 15 is 0 Å². The van der Waals surface area contributed by atoms with Gasteiger partial charge in [-0.15, -0.1) is 11.3 Å². The van der Waals surface area contributed by atoms with Crippen molar-refractivity contribution in [2.24, 2.45) is 5.92 Å². The minimum atomic E-state index is -4.41. The number of halogens is 3. The van der Waals surface area contributed by atoms with Crippen molar-refractivity contribution in [3.63, 3.8) is 0 Å². The maximum Gasteiger partial charge on any atom is 0.416 e. The Morgan fingerprint density at radius 2 is 1.87 bits per heavy atom. The van der Waals surface area contributed by atoms with Crippen LogP contribution in [0.3, 0.4) is 0 Å². The molecule has 0 aliphatic carbocycles. The summed E-state index contributed by atoms with van der Waals surface area (Å²) in [5.74, 6) is -0.705. The van der Waals surface area contributed by atoms with Crippen LogP contribution < -0.4 is 10.1 Å². The zero-order valence-corrected chi connectivity index (χ0v) is 26.4. The van der Waals surface area contributed by atoms with Gasteiger partial charge in [0.15, 0.2) is 5.75 Å². The van der Waals surface area contributed by atoms with Crippen LogP contribution in [0.15, 0.2) is 78.3 Å². The lowest BCUT2D eigenvalue weighted by Gasteiger charge is -2.38. The number of fused-ring (bicyclic) bond motifs is 1. The first-order valence-electron chi connectivity index (χ1n) is 14.8. The van der Waals surface area contributed by atoms with Crippen molar-refractivity contribution in [3.8, 4) is 16.3 Å². The summed E-state index contributed by atoms with van der Waals surface area (Å²) in [4.78, 5) is 35.0. The number of aliphatic hydroxyl groups is 1. The number of likely N-dealkylation sites (N-methyl/N-ethyl adjacent to an activating group) is 1. The first-order chi connectivity index (χ1) is 21.9. The van der Waals surface area contributed by atoms with Crippen molar-refractivity contribution >= 4 is 28.8 Å². The Labute approximate surface area is 269 Å². The Balaban J connectivity index is 1.40. The SMILES string of the molecule is C[C@@H]1CN([C@@H](C)CO)C(=O)c2cccc(NC(=O)c3ccc(-c4nccs4)cc3)c2O[C@H]1CN(C)Cc1ccc(C(F)(F)F)cc1. The summed E-state index contributed by atoms with van der Waals surface area (Å²) in [5.41, 5.74) is 1.86. The van der Waals surface area contributed by atoms with Gasteiger partial charge in [-0.3, -0.25) is 14.5 Å². The number of aromatic nitrogens is 1. The number of amides is 2. The third-order valence-corrected chi connectivity index (χ3v) is 8.81. The van der Waals surface area contributed by atoms with Gasteiger partial charge in [0.1, 0.15) is 11.1 Å². The highest BCUT2D eigenvalue weighted by molar-refractivity contribution is 7.13. The number of nitrogens with zero attached hydrogens (tertiary/aromatic N) is 3. The third-order valence-electron chi connectivity index (χ3n) is 7.99. The third kappa shape index (κ3) is 7.57. The molecule has 0 fully saturated rings. The van der Waals surface area contributed by atoms with Gasteiger partial charge in [-0.25, -0.2) is 4.98 Å². The number of benzene rings is 3. The van der Waals surface area contributed by atoms with Gasteiger partial charge in [0, 0.05) is 48.3 Å². The number of alkyl halides is 3. The molecule has 3 aromatic carbocycles. The molecule has 12 heteroatoms. The Hall–Kier alpha value is -4.26. The standard InChI is InChI=1S/C34H35F3N4O4S/c1-21-17-41(22(2)20-42)33(44)27-5-4-6-28(39-31(43)24-9-11-25(12-10-24)32-38-15-16-46-32)30(27)45-29(21)19-40(3)18-23-7-13-26(14-8-23)34(35,36)37/h4-16,21-22,29,42H,17-20H2,1-3H3,(H,39,43)/t21-,22+,29+/m1/s1. The Morgan fingerprint density at radius 3 is 2.50 bits per heavy atom. The lowest BCUT2D eigenvalue weighted by Crippen LogP contribution is -2.49. The van der Waals surface area contributed by atoms with Gasteiger partial charge < -0.3 is 20.1 Å². The summed E-state index contributed by atoms with van der Waals surface area (Å²) in [6, 6.07) is 16.6. The van der Waals surface area contributed by atoms with Crippen molar-refractivity contribution in [1.29, 1.82) is 0 Å². The molecule has 1 aromatic heterocycles. The molecule has 46 heavy (non-hydrogen) atoms.